The number of aryl methyl sites for hydroxylation is 2. The van der Waals surface area contributed by atoms with Crippen molar-refractivity contribution in [3.63, 3.8) is 0 Å². The highest BCUT2D eigenvalue weighted by Gasteiger charge is 2.08. The molecule has 1 rings (SSSR count). The van der Waals surface area contributed by atoms with Gasteiger partial charge in [0.2, 0.25) is 0 Å². The molecule has 2 N–H and O–H groups in total. The topological polar surface area (TPSA) is 75.4 Å². The van der Waals surface area contributed by atoms with Gasteiger partial charge in [-0.2, -0.15) is 0 Å². The van der Waals surface area contributed by atoms with Crippen LogP contribution in [0.5, 0.6) is 0 Å². The van der Waals surface area contributed by atoms with E-state index in [1.165, 1.54) is 0 Å². The Morgan fingerprint density at radius 1 is 1.62 bits per heavy atom. The summed E-state index contributed by atoms with van der Waals surface area (Å²) in [7, 11) is 0. The third-order valence-electron chi connectivity index (χ3n) is 1.83. The molecular formula is C8H12N2O3. The van der Waals surface area contributed by atoms with Crippen LogP contribution in [0.3, 0.4) is 0 Å². The van der Waals surface area contributed by atoms with Crippen molar-refractivity contribution in [2.24, 2.45) is 0 Å². The first-order chi connectivity index (χ1) is 6.11. The van der Waals surface area contributed by atoms with E-state index in [9.17, 15) is 4.79 Å². The van der Waals surface area contributed by atoms with Crippen molar-refractivity contribution in [1.82, 2.24) is 10.5 Å². The first-order valence-corrected chi connectivity index (χ1v) is 4.00. The van der Waals surface area contributed by atoms with Gasteiger partial charge in [-0.3, -0.25) is 0 Å². The molecule has 0 radical (unpaired) electrons. The van der Waals surface area contributed by atoms with Gasteiger partial charge in [0.05, 0.1) is 5.69 Å². The maximum atomic E-state index is 10.1. The molecule has 0 aliphatic carbocycles. The lowest BCUT2D eigenvalue weighted by Crippen LogP contribution is -2.23. The normalized spacial score (nSPS) is 10.0. The van der Waals surface area contributed by atoms with Crippen LogP contribution in [0.25, 0.3) is 0 Å². The van der Waals surface area contributed by atoms with Crippen LogP contribution < -0.4 is 5.32 Å². The second-order valence-corrected chi connectivity index (χ2v) is 2.78. The summed E-state index contributed by atoms with van der Waals surface area (Å²) in [6.45, 7) is 4.04. The van der Waals surface area contributed by atoms with Gasteiger partial charge in [0.25, 0.3) is 0 Å². The van der Waals surface area contributed by atoms with Gasteiger partial charge in [-0.05, 0) is 20.3 Å². The second kappa shape index (κ2) is 3.93. The van der Waals surface area contributed by atoms with Crippen LogP contribution in [0.2, 0.25) is 0 Å². The Bertz CT molecular complexity index is 287. The predicted molar refractivity (Wildman–Crippen MR) is 45.7 cm³/mol. The van der Waals surface area contributed by atoms with Gasteiger partial charge >= 0.3 is 6.09 Å². The van der Waals surface area contributed by atoms with Gasteiger partial charge in [0.15, 0.2) is 0 Å². The summed E-state index contributed by atoms with van der Waals surface area (Å²) in [6, 6.07) is 0. The van der Waals surface area contributed by atoms with Crippen molar-refractivity contribution in [1.29, 1.82) is 0 Å². The molecule has 1 aromatic rings. The molecule has 13 heavy (non-hydrogen) atoms. The average molecular weight is 184 g/mol. The van der Waals surface area contributed by atoms with Gasteiger partial charge in [-0.25, -0.2) is 4.79 Å². The third-order valence-corrected chi connectivity index (χ3v) is 1.83. The van der Waals surface area contributed by atoms with Crippen molar-refractivity contribution in [2.45, 2.75) is 20.3 Å². The molecule has 0 unspecified atom stereocenters. The van der Waals surface area contributed by atoms with E-state index in [-0.39, 0.29) is 0 Å². The van der Waals surface area contributed by atoms with Crippen molar-refractivity contribution in [2.75, 3.05) is 6.54 Å². The van der Waals surface area contributed by atoms with E-state index in [4.69, 9.17) is 9.63 Å². The number of carbonyl (C=O) groups is 1. The second-order valence-electron chi connectivity index (χ2n) is 2.78. The minimum absolute atomic E-state index is 0.387. The summed E-state index contributed by atoms with van der Waals surface area (Å²) in [5.74, 6) is 0.754. The third kappa shape index (κ3) is 2.47. The van der Waals surface area contributed by atoms with E-state index < -0.39 is 6.09 Å². The van der Waals surface area contributed by atoms with Crippen LogP contribution in [-0.2, 0) is 6.42 Å². The monoisotopic (exact) mass is 184 g/mol. The zero-order chi connectivity index (χ0) is 9.84. The number of nitrogens with one attached hydrogen (secondary N) is 1. The molecule has 1 aromatic heterocycles. The molecule has 5 heteroatoms. The molecule has 1 heterocycles. The summed E-state index contributed by atoms with van der Waals surface area (Å²) >= 11 is 0. The van der Waals surface area contributed by atoms with E-state index in [2.05, 4.69) is 10.5 Å². The van der Waals surface area contributed by atoms with Gasteiger partial charge in [-0.15, -0.1) is 0 Å². The maximum Gasteiger partial charge on any atom is 0.404 e. The Morgan fingerprint density at radius 2 is 2.31 bits per heavy atom. The van der Waals surface area contributed by atoms with Crippen molar-refractivity contribution >= 4 is 6.09 Å². The number of nitrogens with zero attached hydrogens (tertiary/aromatic N) is 1. The summed E-state index contributed by atoms with van der Waals surface area (Å²) < 4.78 is 4.93. The molecule has 0 aromatic carbocycles. The predicted octanol–water partition coefficient (Wildman–Crippen LogP) is 1.10. The number of hydrogen-bond acceptors (Lipinski definition) is 3. The maximum absolute atomic E-state index is 10.1. The Kier molecular flexibility index (Phi) is 2.89. The summed E-state index contributed by atoms with van der Waals surface area (Å²) in [6.07, 6.45) is -0.389. The molecule has 0 atom stereocenters. The lowest BCUT2D eigenvalue weighted by atomic mass is 10.1. The zero-order valence-corrected chi connectivity index (χ0v) is 7.63. The number of rotatable bonds is 3. The first-order valence-electron chi connectivity index (χ1n) is 4.00. The quantitative estimate of drug-likeness (QED) is 0.737. The fraction of sp³-hybridized carbons (Fsp3) is 0.500. The molecule has 0 bridgehead atoms. The number of aromatic nitrogens is 1. The molecule has 0 aliphatic rings. The van der Waals surface area contributed by atoms with Crippen LogP contribution >= 0.6 is 0 Å². The molecule has 0 fully saturated rings. The Morgan fingerprint density at radius 3 is 2.77 bits per heavy atom. The summed E-state index contributed by atoms with van der Waals surface area (Å²) in [5, 5.41) is 14.4. The van der Waals surface area contributed by atoms with Crippen LogP contribution in [0, 0.1) is 13.8 Å². The minimum Gasteiger partial charge on any atom is -0.465 e. The standard InChI is InChI=1S/C8H12N2O3/c1-5-7(6(2)13-10-5)3-4-9-8(11)12/h9H,3-4H2,1-2H3,(H,11,12). The van der Waals surface area contributed by atoms with Gasteiger partial charge in [0, 0.05) is 12.1 Å². The Hall–Kier alpha value is -1.52. The van der Waals surface area contributed by atoms with E-state index >= 15 is 0 Å². The molecule has 0 aliphatic heterocycles. The highest BCUT2D eigenvalue weighted by Crippen LogP contribution is 2.11. The highest BCUT2D eigenvalue weighted by atomic mass is 16.5. The van der Waals surface area contributed by atoms with Crippen LogP contribution in [0.1, 0.15) is 17.0 Å². The minimum atomic E-state index is -1.01. The Labute approximate surface area is 75.7 Å². The molecule has 5 nitrogen and oxygen atoms in total. The largest absolute Gasteiger partial charge is 0.465 e. The van der Waals surface area contributed by atoms with E-state index in [1.54, 1.807) is 0 Å². The number of carboxylic acid groups (broad SMARTS) is 1. The number of amides is 1. The summed E-state index contributed by atoms with van der Waals surface area (Å²) in [5.41, 5.74) is 1.80. The number of hydrogen-bond donors (Lipinski definition) is 2. The lowest BCUT2D eigenvalue weighted by molar-refractivity contribution is 0.194. The van der Waals surface area contributed by atoms with Gasteiger partial charge in [-0.1, -0.05) is 5.16 Å². The molecular weight excluding hydrogens is 172 g/mol. The Balaban J connectivity index is 2.49. The van der Waals surface area contributed by atoms with E-state index in [1.807, 2.05) is 13.8 Å². The molecule has 0 saturated carbocycles. The smallest absolute Gasteiger partial charge is 0.404 e. The molecule has 1 amide bonds. The van der Waals surface area contributed by atoms with Crippen molar-refractivity contribution in [3.8, 4) is 0 Å². The average Bonchev–Trinajstić information content (AvgIpc) is 2.34. The lowest BCUT2D eigenvalue weighted by Gasteiger charge is -1.99. The first kappa shape index (κ1) is 9.57. The van der Waals surface area contributed by atoms with Gasteiger partial charge in [0.1, 0.15) is 5.76 Å². The fourth-order valence-electron chi connectivity index (χ4n) is 1.15. The van der Waals surface area contributed by atoms with Crippen LogP contribution in [0.15, 0.2) is 4.52 Å². The SMILES string of the molecule is Cc1noc(C)c1CCNC(=O)O. The summed E-state index contributed by atoms with van der Waals surface area (Å²) in [4.78, 5) is 10.1. The highest BCUT2D eigenvalue weighted by molar-refractivity contribution is 5.64. The molecule has 72 valence electrons. The van der Waals surface area contributed by atoms with Crippen LogP contribution in [0.4, 0.5) is 4.79 Å². The van der Waals surface area contributed by atoms with Crippen LogP contribution in [-0.4, -0.2) is 22.9 Å². The molecule has 0 saturated heterocycles. The van der Waals surface area contributed by atoms with E-state index in [0.717, 1.165) is 17.0 Å². The van der Waals surface area contributed by atoms with Crippen molar-refractivity contribution < 1.29 is 14.4 Å². The van der Waals surface area contributed by atoms with E-state index in [0.29, 0.717) is 13.0 Å². The van der Waals surface area contributed by atoms with Gasteiger partial charge < -0.3 is 14.9 Å². The fourth-order valence-corrected chi connectivity index (χ4v) is 1.15. The molecule has 0 spiro atoms. The zero-order valence-electron chi connectivity index (χ0n) is 7.63. The van der Waals surface area contributed by atoms with Crippen molar-refractivity contribution in [3.05, 3.63) is 17.0 Å².